The van der Waals surface area contributed by atoms with E-state index in [-0.39, 0.29) is 5.92 Å². The fourth-order valence-electron chi connectivity index (χ4n) is 5.59. The molecule has 0 unspecified atom stereocenters. The molecule has 4 saturated heterocycles. The van der Waals surface area contributed by atoms with Gasteiger partial charge in [0.15, 0.2) is 0 Å². The maximum atomic E-state index is 13.9. The van der Waals surface area contributed by atoms with Crippen molar-refractivity contribution in [1.29, 1.82) is 0 Å². The number of rotatable bonds is 3. The first-order chi connectivity index (χ1) is 12.6. The molecular weight excluding hydrogens is 334 g/mol. The molecule has 4 aliphatic heterocycles. The number of fused-ring (bicyclic) bond motifs is 2. The van der Waals surface area contributed by atoms with Crippen LogP contribution in [0.15, 0.2) is 30.6 Å². The SMILES string of the molecule is Cn1cc(CN2C[C@H](c3cc(F)cc(F)c3)[C@@H]3[C@H]2C2CCN3CC2)cn1. The van der Waals surface area contributed by atoms with Crippen LogP contribution < -0.4 is 0 Å². The molecule has 1 aromatic heterocycles. The molecule has 6 heteroatoms. The smallest absolute Gasteiger partial charge is 0.126 e. The largest absolute Gasteiger partial charge is 0.298 e. The molecule has 0 aliphatic carbocycles. The van der Waals surface area contributed by atoms with Crippen molar-refractivity contribution in [3.05, 3.63) is 53.4 Å². The molecule has 3 atom stereocenters. The second-order valence-electron chi connectivity index (χ2n) is 8.12. The van der Waals surface area contributed by atoms with Gasteiger partial charge in [-0.3, -0.25) is 14.5 Å². The van der Waals surface area contributed by atoms with Crippen molar-refractivity contribution in [2.45, 2.75) is 37.4 Å². The summed E-state index contributed by atoms with van der Waals surface area (Å²) in [5.74, 6) is -0.105. The molecule has 4 nitrogen and oxygen atoms in total. The van der Waals surface area contributed by atoms with E-state index in [0.717, 1.165) is 37.8 Å². The van der Waals surface area contributed by atoms with Crippen LogP contribution in [0.25, 0.3) is 0 Å². The van der Waals surface area contributed by atoms with E-state index in [1.165, 1.54) is 30.5 Å². The molecule has 2 bridgehead atoms. The molecule has 4 aliphatic rings. The lowest BCUT2D eigenvalue weighted by atomic mass is 9.75. The van der Waals surface area contributed by atoms with Gasteiger partial charge < -0.3 is 0 Å². The molecule has 0 saturated carbocycles. The Kier molecular flexibility index (Phi) is 3.87. The third-order valence-electron chi connectivity index (χ3n) is 6.55. The van der Waals surface area contributed by atoms with Crippen molar-refractivity contribution in [1.82, 2.24) is 19.6 Å². The van der Waals surface area contributed by atoms with Gasteiger partial charge in [-0.1, -0.05) is 0 Å². The number of benzene rings is 1. The van der Waals surface area contributed by atoms with Crippen molar-refractivity contribution in [3.8, 4) is 0 Å². The molecule has 0 radical (unpaired) electrons. The summed E-state index contributed by atoms with van der Waals surface area (Å²) in [5.41, 5.74) is 2.01. The fourth-order valence-corrected chi connectivity index (χ4v) is 5.59. The van der Waals surface area contributed by atoms with E-state index < -0.39 is 11.6 Å². The number of aromatic nitrogens is 2. The molecule has 4 fully saturated rings. The quantitative estimate of drug-likeness (QED) is 0.843. The Bertz CT molecular complexity index is 792. The molecule has 0 spiro atoms. The summed E-state index contributed by atoms with van der Waals surface area (Å²) in [5, 5.41) is 4.29. The van der Waals surface area contributed by atoms with Crippen LogP contribution >= 0.6 is 0 Å². The minimum atomic E-state index is -0.474. The van der Waals surface area contributed by atoms with Crippen LogP contribution in [0.3, 0.4) is 0 Å². The van der Waals surface area contributed by atoms with Gasteiger partial charge in [0.1, 0.15) is 11.6 Å². The molecule has 2 aromatic rings. The Balaban J connectivity index is 1.50. The zero-order valence-corrected chi connectivity index (χ0v) is 15.0. The lowest BCUT2D eigenvalue weighted by Gasteiger charge is -2.51. The van der Waals surface area contributed by atoms with E-state index in [1.807, 2.05) is 17.9 Å². The Morgan fingerprint density at radius 1 is 1.08 bits per heavy atom. The second kappa shape index (κ2) is 6.13. The van der Waals surface area contributed by atoms with Crippen LogP contribution in [0.2, 0.25) is 0 Å². The van der Waals surface area contributed by atoms with Gasteiger partial charge in [0, 0.05) is 56.0 Å². The third-order valence-corrected chi connectivity index (χ3v) is 6.55. The summed E-state index contributed by atoms with van der Waals surface area (Å²) in [6.45, 7) is 3.93. The maximum Gasteiger partial charge on any atom is 0.126 e. The van der Waals surface area contributed by atoms with E-state index in [0.29, 0.717) is 18.0 Å². The molecule has 26 heavy (non-hydrogen) atoms. The highest BCUT2D eigenvalue weighted by Crippen LogP contribution is 2.47. The highest BCUT2D eigenvalue weighted by Gasteiger charge is 2.53. The predicted octanol–water partition coefficient (Wildman–Crippen LogP) is 2.76. The number of halogens is 2. The van der Waals surface area contributed by atoms with Crippen LogP contribution in [0.5, 0.6) is 0 Å². The van der Waals surface area contributed by atoms with Gasteiger partial charge in [0.05, 0.1) is 6.20 Å². The maximum absolute atomic E-state index is 13.9. The van der Waals surface area contributed by atoms with Gasteiger partial charge in [-0.15, -0.1) is 0 Å². The van der Waals surface area contributed by atoms with Crippen molar-refractivity contribution in [3.63, 3.8) is 0 Å². The number of likely N-dealkylation sites (tertiary alicyclic amines) is 1. The minimum absolute atomic E-state index is 0.157. The minimum Gasteiger partial charge on any atom is -0.298 e. The summed E-state index contributed by atoms with van der Waals surface area (Å²) < 4.78 is 29.6. The number of nitrogens with zero attached hydrogens (tertiary/aromatic N) is 4. The predicted molar refractivity (Wildman–Crippen MR) is 94.6 cm³/mol. The zero-order valence-electron chi connectivity index (χ0n) is 15.0. The summed E-state index contributed by atoms with van der Waals surface area (Å²) in [6.07, 6.45) is 6.45. The van der Waals surface area contributed by atoms with Crippen molar-refractivity contribution < 1.29 is 8.78 Å². The lowest BCUT2D eigenvalue weighted by molar-refractivity contribution is -0.00871. The average molecular weight is 358 g/mol. The first kappa shape index (κ1) is 16.4. The molecular formula is C20H24F2N4. The zero-order chi connectivity index (χ0) is 17.8. The topological polar surface area (TPSA) is 24.3 Å². The second-order valence-corrected chi connectivity index (χ2v) is 8.12. The highest BCUT2D eigenvalue weighted by molar-refractivity contribution is 5.28. The Morgan fingerprint density at radius 3 is 2.46 bits per heavy atom. The van der Waals surface area contributed by atoms with Crippen LogP contribution in [-0.2, 0) is 13.6 Å². The summed E-state index contributed by atoms with van der Waals surface area (Å²) >= 11 is 0. The third kappa shape index (κ3) is 2.67. The molecule has 1 aromatic carbocycles. The molecule has 0 amide bonds. The fraction of sp³-hybridized carbons (Fsp3) is 0.550. The van der Waals surface area contributed by atoms with Gasteiger partial charge in [-0.05, 0) is 49.5 Å². The first-order valence-corrected chi connectivity index (χ1v) is 9.50. The molecule has 0 N–H and O–H groups in total. The van der Waals surface area contributed by atoms with Gasteiger partial charge in [0.25, 0.3) is 0 Å². The normalized spacial score (nSPS) is 33.6. The number of hydrogen-bond donors (Lipinski definition) is 0. The van der Waals surface area contributed by atoms with Gasteiger partial charge in [-0.2, -0.15) is 5.10 Å². The summed E-state index contributed by atoms with van der Waals surface area (Å²) in [6, 6.07) is 4.86. The molecule has 138 valence electrons. The standard InChI is InChI=1S/C20H24F2N4/c1-24-10-13(9-23-24)11-26-12-18(15-6-16(21)8-17(22)7-15)20-19(26)14-2-4-25(20)5-3-14/h6-10,14,18-20H,2-5,11-12H2,1H3/t18-,19-,20-/m1/s1. The van der Waals surface area contributed by atoms with Crippen LogP contribution in [-0.4, -0.2) is 51.3 Å². The van der Waals surface area contributed by atoms with Crippen LogP contribution in [0.4, 0.5) is 8.78 Å². The van der Waals surface area contributed by atoms with Gasteiger partial charge >= 0.3 is 0 Å². The Morgan fingerprint density at radius 2 is 1.81 bits per heavy atom. The van der Waals surface area contributed by atoms with Gasteiger partial charge in [-0.25, -0.2) is 8.78 Å². The van der Waals surface area contributed by atoms with Crippen LogP contribution in [0, 0.1) is 17.6 Å². The van der Waals surface area contributed by atoms with E-state index in [4.69, 9.17) is 0 Å². The van der Waals surface area contributed by atoms with E-state index in [2.05, 4.69) is 21.1 Å². The first-order valence-electron chi connectivity index (χ1n) is 9.50. The number of hydrogen-bond acceptors (Lipinski definition) is 3. The monoisotopic (exact) mass is 358 g/mol. The average Bonchev–Trinajstić information content (AvgIpc) is 3.21. The number of piperidine rings is 3. The van der Waals surface area contributed by atoms with E-state index >= 15 is 0 Å². The highest BCUT2D eigenvalue weighted by atomic mass is 19.1. The van der Waals surface area contributed by atoms with E-state index in [1.54, 1.807) is 0 Å². The molecule has 6 rings (SSSR count). The van der Waals surface area contributed by atoms with E-state index in [9.17, 15) is 8.78 Å². The summed E-state index contributed by atoms with van der Waals surface area (Å²) in [7, 11) is 1.93. The summed E-state index contributed by atoms with van der Waals surface area (Å²) in [4.78, 5) is 5.09. The Hall–Kier alpha value is -1.79. The molecule has 5 heterocycles. The van der Waals surface area contributed by atoms with Crippen molar-refractivity contribution in [2.24, 2.45) is 13.0 Å². The lowest BCUT2D eigenvalue weighted by Crippen LogP contribution is -2.59. The van der Waals surface area contributed by atoms with Crippen molar-refractivity contribution in [2.75, 3.05) is 19.6 Å². The van der Waals surface area contributed by atoms with Crippen LogP contribution in [0.1, 0.15) is 29.9 Å². The van der Waals surface area contributed by atoms with Gasteiger partial charge in [0.2, 0.25) is 0 Å². The van der Waals surface area contributed by atoms with Crippen molar-refractivity contribution >= 4 is 0 Å². The Labute approximate surface area is 152 Å². The number of aryl methyl sites for hydroxylation is 1.